The van der Waals surface area contributed by atoms with Crippen LogP contribution in [-0.4, -0.2) is 49.9 Å². The van der Waals surface area contributed by atoms with Crippen LogP contribution in [0.3, 0.4) is 0 Å². The van der Waals surface area contributed by atoms with E-state index < -0.39 is 0 Å². The zero-order valence-electron chi connectivity index (χ0n) is 25.9. The second kappa shape index (κ2) is 11.9. The fourth-order valence-electron chi connectivity index (χ4n) is 6.39. The summed E-state index contributed by atoms with van der Waals surface area (Å²) in [4.78, 5) is 7.06. The van der Waals surface area contributed by atoms with Gasteiger partial charge in [0.25, 0.3) is 0 Å². The number of methoxy groups -OCH3 is 3. The Labute approximate surface area is 262 Å². The standard InChI is InChI=1S/C37H36N2O6/c1-39-12-10-25-17-34(42-3)31(40)19-28(25)30(39)14-23-6-8-32(41-2)36(16-23)45-37-20-27-24(18-35(37)43-4)9-11-38-29(27)13-22-5-7-26-21-44-33(26)15-22/h5-9,11,15-20,30,40H,10,12-14,21H2,1-4H3/t30-/m0/s1. The number of phenolic OH excluding ortho intramolecular Hbond substituents is 1. The van der Waals surface area contributed by atoms with Crippen molar-refractivity contribution >= 4 is 10.8 Å². The van der Waals surface area contributed by atoms with Crippen molar-refractivity contribution in [3.8, 4) is 40.2 Å². The lowest BCUT2D eigenvalue weighted by Gasteiger charge is -2.35. The predicted molar refractivity (Wildman–Crippen MR) is 172 cm³/mol. The fourth-order valence-corrected chi connectivity index (χ4v) is 6.39. The highest BCUT2D eigenvalue weighted by molar-refractivity contribution is 5.88. The van der Waals surface area contributed by atoms with Gasteiger partial charge in [-0.2, -0.15) is 0 Å². The Balaban J connectivity index is 1.21. The number of nitrogens with zero attached hydrogens (tertiary/aromatic N) is 2. The number of ether oxygens (including phenoxy) is 5. The van der Waals surface area contributed by atoms with Gasteiger partial charge in [0.2, 0.25) is 0 Å². The minimum atomic E-state index is 0.0796. The molecule has 2 aliphatic heterocycles. The van der Waals surface area contributed by atoms with Crippen LogP contribution in [-0.2, 0) is 25.9 Å². The van der Waals surface area contributed by atoms with Crippen LogP contribution in [0.4, 0.5) is 0 Å². The molecule has 0 fully saturated rings. The summed E-state index contributed by atoms with van der Waals surface area (Å²) < 4.78 is 29.1. The minimum Gasteiger partial charge on any atom is -0.504 e. The molecule has 1 N–H and O–H groups in total. The van der Waals surface area contributed by atoms with Crippen molar-refractivity contribution in [1.29, 1.82) is 0 Å². The first-order chi connectivity index (χ1) is 21.9. The zero-order chi connectivity index (χ0) is 31.1. The van der Waals surface area contributed by atoms with Gasteiger partial charge in [0, 0.05) is 36.2 Å². The first-order valence-electron chi connectivity index (χ1n) is 15.1. The lowest BCUT2D eigenvalue weighted by Crippen LogP contribution is -2.33. The van der Waals surface area contributed by atoms with Crippen molar-refractivity contribution in [2.45, 2.75) is 31.9 Å². The predicted octanol–water partition coefficient (Wildman–Crippen LogP) is 7.01. The van der Waals surface area contributed by atoms with E-state index in [1.807, 2.05) is 48.7 Å². The SMILES string of the molecule is COc1cc2c(cc1O)[C@H](Cc1ccc(OC)c(Oc3cc4c(Cc5ccc6c(c5)OC6)nccc4cc3OC)c1)N(C)CC2. The smallest absolute Gasteiger partial charge is 0.170 e. The van der Waals surface area contributed by atoms with E-state index in [-0.39, 0.29) is 11.8 Å². The van der Waals surface area contributed by atoms with Crippen LogP contribution in [0.25, 0.3) is 10.8 Å². The van der Waals surface area contributed by atoms with Gasteiger partial charge in [0.1, 0.15) is 12.4 Å². The Hall–Kier alpha value is -4.95. The van der Waals surface area contributed by atoms with Crippen LogP contribution >= 0.6 is 0 Å². The molecule has 2 aliphatic rings. The van der Waals surface area contributed by atoms with Gasteiger partial charge in [-0.05, 0) is 96.1 Å². The van der Waals surface area contributed by atoms with Crippen LogP contribution in [0.5, 0.6) is 40.2 Å². The second-order valence-corrected chi connectivity index (χ2v) is 11.7. The van der Waals surface area contributed by atoms with Crippen molar-refractivity contribution in [1.82, 2.24) is 9.88 Å². The molecule has 1 aromatic heterocycles. The third-order valence-electron chi connectivity index (χ3n) is 8.96. The molecule has 0 amide bonds. The first-order valence-corrected chi connectivity index (χ1v) is 15.1. The molecule has 0 radical (unpaired) electrons. The molecule has 45 heavy (non-hydrogen) atoms. The lowest BCUT2D eigenvalue weighted by molar-refractivity contribution is 0.228. The van der Waals surface area contributed by atoms with Crippen LogP contribution < -0.4 is 23.7 Å². The van der Waals surface area contributed by atoms with Gasteiger partial charge < -0.3 is 28.8 Å². The number of hydrogen-bond acceptors (Lipinski definition) is 8. The number of hydrogen-bond donors (Lipinski definition) is 1. The molecule has 8 heteroatoms. The number of fused-ring (bicyclic) bond motifs is 3. The summed E-state index contributed by atoms with van der Waals surface area (Å²) in [5, 5.41) is 12.6. The van der Waals surface area contributed by atoms with Crippen molar-refractivity contribution in [3.63, 3.8) is 0 Å². The number of rotatable bonds is 9. The highest BCUT2D eigenvalue weighted by Gasteiger charge is 2.27. The number of pyridine rings is 1. The van der Waals surface area contributed by atoms with E-state index in [4.69, 9.17) is 28.7 Å². The molecule has 3 heterocycles. The molecule has 0 spiro atoms. The van der Waals surface area contributed by atoms with Crippen molar-refractivity contribution < 1.29 is 28.8 Å². The molecule has 5 aromatic rings. The summed E-state index contributed by atoms with van der Waals surface area (Å²) in [5.41, 5.74) is 6.70. The van der Waals surface area contributed by atoms with E-state index in [9.17, 15) is 5.11 Å². The maximum absolute atomic E-state index is 10.6. The molecule has 0 saturated heterocycles. The Morgan fingerprint density at radius 3 is 2.38 bits per heavy atom. The Kier molecular flexibility index (Phi) is 7.59. The number of likely N-dealkylation sites (N-methyl/N-ethyl adjacent to an activating group) is 1. The van der Waals surface area contributed by atoms with Crippen LogP contribution in [0.15, 0.2) is 72.9 Å². The summed E-state index contributed by atoms with van der Waals surface area (Å²) in [6.45, 7) is 1.59. The summed E-state index contributed by atoms with van der Waals surface area (Å²) in [6, 6.07) is 22.2. The summed E-state index contributed by atoms with van der Waals surface area (Å²) >= 11 is 0. The Morgan fingerprint density at radius 2 is 1.62 bits per heavy atom. The third-order valence-corrected chi connectivity index (χ3v) is 8.96. The van der Waals surface area contributed by atoms with Gasteiger partial charge >= 0.3 is 0 Å². The van der Waals surface area contributed by atoms with Crippen LogP contribution in [0.2, 0.25) is 0 Å². The Bertz CT molecular complexity index is 1910. The average molecular weight is 605 g/mol. The molecule has 0 unspecified atom stereocenters. The molecule has 230 valence electrons. The van der Waals surface area contributed by atoms with Gasteiger partial charge in [-0.1, -0.05) is 18.2 Å². The van der Waals surface area contributed by atoms with Crippen molar-refractivity contribution in [3.05, 3.63) is 106 Å². The van der Waals surface area contributed by atoms with Crippen molar-refractivity contribution in [2.24, 2.45) is 0 Å². The maximum atomic E-state index is 10.6. The second-order valence-electron chi connectivity index (χ2n) is 11.7. The van der Waals surface area contributed by atoms with Gasteiger partial charge in [-0.25, -0.2) is 0 Å². The number of aromatic hydroxyl groups is 1. The summed E-state index contributed by atoms with van der Waals surface area (Å²) in [5.74, 6) is 4.01. The molecule has 0 aliphatic carbocycles. The number of benzene rings is 4. The average Bonchev–Trinajstić information content (AvgIpc) is 3.03. The third kappa shape index (κ3) is 5.46. The van der Waals surface area contributed by atoms with E-state index in [1.54, 1.807) is 21.3 Å². The summed E-state index contributed by atoms with van der Waals surface area (Å²) in [6.07, 6.45) is 4.12. The minimum absolute atomic E-state index is 0.0796. The highest BCUT2D eigenvalue weighted by Crippen LogP contribution is 2.42. The van der Waals surface area contributed by atoms with Crippen molar-refractivity contribution in [2.75, 3.05) is 34.9 Å². The van der Waals surface area contributed by atoms with Gasteiger partial charge in [0.05, 0.1) is 27.0 Å². The number of phenols is 1. The largest absolute Gasteiger partial charge is 0.504 e. The first kappa shape index (κ1) is 28.8. The maximum Gasteiger partial charge on any atom is 0.170 e. The van der Waals surface area contributed by atoms with E-state index in [2.05, 4.69) is 36.2 Å². The number of aromatic nitrogens is 1. The molecule has 4 aromatic carbocycles. The lowest BCUT2D eigenvalue weighted by atomic mass is 9.88. The van der Waals surface area contributed by atoms with Gasteiger partial charge in [0.15, 0.2) is 34.5 Å². The fraction of sp³-hybridized carbons (Fsp3) is 0.270. The zero-order valence-corrected chi connectivity index (χ0v) is 25.9. The van der Waals surface area contributed by atoms with E-state index in [1.165, 1.54) is 11.1 Å². The monoisotopic (exact) mass is 604 g/mol. The highest BCUT2D eigenvalue weighted by atomic mass is 16.5. The van der Waals surface area contributed by atoms with Crippen LogP contribution in [0.1, 0.15) is 39.6 Å². The van der Waals surface area contributed by atoms with E-state index in [0.29, 0.717) is 41.8 Å². The summed E-state index contributed by atoms with van der Waals surface area (Å²) in [7, 11) is 6.99. The Morgan fingerprint density at radius 1 is 0.822 bits per heavy atom. The normalized spacial score (nSPS) is 15.4. The topological polar surface area (TPSA) is 82.5 Å². The molecular weight excluding hydrogens is 568 g/mol. The van der Waals surface area contributed by atoms with Gasteiger partial charge in [-0.15, -0.1) is 0 Å². The van der Waals surface area contributed by atoms with E-state index >= 15 is 0 Å². The molecule has 7 rings (SSSR count). The van der Waals surface area contributed by atoms with E-state index in [0.717, 1.165) is 58.3 Å². The molecular formula is C37H36N2O6. The molecule has 0 saturated carbocycles. The van der Waals surface area contributed by atoms with Gasteiger partial charge in [-0.3, -0.25) is 9.88 Å². The quantitative estimate of drug-likeness (QED) is 0.192. The molecule has 1 atom stereocenters. The van der Waals surface area contributed by atoms with Crippen LogP contribution in [0, 0.1) is 0 Å². The molecule has 0 bridgehead atoms. The molecule has 8 nitrogen and oxygen atoms in total.